The highest BCUT2D eigenvalue weighted by molar-refractivity contribution is 7.12. The highest BCUT2D eigenvalue weighted by Crippen LogP contribution is 2.26. The molecule has 0 aliphatic rings. The van der Waals surface area contributed by atoms with Crippen molar-refractivity contribution in [1.82, 2.24) is 25.5 Å². The van der Waals surface area contributed by atoms with Crippen molar-refractivity contribution in [2.45, 2.75) is 32.9 Å². The summed E-state index contributed by atoms with van der Waals surface area (Å²) in [5.74, 6) is 0.867. The number of tetrazole rings is 1. The number of thiophene rings is 1. The van der Waals surface area contributed by atoms with Crippen molar-refractivity contribution in [3.05, 3.63) is 27.7 Å². The molecule has 2 aromatic heterocycles. The van der Waals surface area contributed by atoms with Crippen LogP contribution in [-0.2, 0) is 0 Å². The Balaban J connectivity index is 2.31. The van der Waals surface area contributed by atoms with Crippen LogP contribution in [0.4, 0.5) is 0 Å². The highest BCUT2D eigenvalue weighted by Gasteiger charge is 2.19. The van der Waals surface area contributed by atoms with Crippen LogP contribution in [0.3, 0.4) is 0 Å². The molecule has 2 aromatic rings. The molecule has 0 amide bonds. The lowest BCUT2D eigenvalue weighted by Gasteiger charge is -2.15. The molecule has 2 rings (SSSR count). The maximum absolute atomic E-state index is 4.09. The van der Waals surface area contributed by atoms with E-state index in [0.717, 1.165) is 5.82 Å². The fraction of sp³-hybridized carbons (Fsp3) is 0.545. The lowest BCUT2D eigenvalue weighted by molar-refractivity contribution is 0.486. The first-order valence-corrected chi connectivity index (χ1v) is 6.46. The Labute approximate surface area is 105 Å². The summed E-state index contributed by atoms with van der Waals surface area (Å²) in [5.41, 5.74) is 0. The third-order valence-corrected chi connectivity index (χ3v) is 4.05. The Bertz CT molecular complexity index is 490. The molecule has 92 valence electrons. The van der Waals surface area contributed by atoms with Gasteiger partial charge in [-0.25, -0.2) is 4.68 Å². The molecule has 2 unspecified atom stereocenters. The molecule has 2 heterocycles. The van der Waals surface area contributed by atoms with Gasteiger partial charge >= 0.3 is 0 Å². The Morgan fingerprint density at radius 2 is 2.12 bits per heavy atom. The van der Waals surface area contributed by atoms with E-state index < -0.39 is 0 Å². The second kappa shape index (κ2) is 4.93. The second-order valence-corrected chi connectivity index (χ2v) is 5.44. The van der Waals surface area contributed by atoms with Crippen LogP contribution < -0.4 is 5.32 Å². The van der Waals surface area contributed by atoms with Crippen LogP contribution in [0.15, 0.2) is 12.1 Å². The molecule has 0 spiro atoms. The number of nitrogens with one attached hydrogen (secondary N) is 1. The minimum absolute atomic E-state index is 0.147. The van der Waals surface area contributed by atoms with Crippen LogP contribution in [0.1, 0.15) is 41.5 Å². The van der Waals surface area contributed by atoms with Gasteiger partial charge in [0, 0.05) is 9.75 Å². The van der Waals surface area contributed by atoms with Crippen molar-refractivity contribution in [1.29, 1.82) is 0 Å². The number of nitrogens with zero attached hydrogens (tertiary/aromatic N) is 4. The summed E-state index contributed by atoms with van der Waals surface area (Å²) in [6.45, 7) is 6.28. The van der Waals surface area contributed by atoms with Crippen molar-refractivity contribution in [3.63, 3.8) is 0 Å². The summed E-state index contributed by atoms with van der Waals surface area (Å²) >= 11 is 1.79. The molecule has 0 bridgehead atoms. The van der Waals surface area contributed by atoms with Crippen molar-refractivity contribution < 1.29 is 0 Å². The number of hydrogen-bond acceptors (Lipinski definition) is 5. The maximum Gasteiger partial charge on any atom is 0.168 e. The maximum atomic E-state index is 4.09. The topological polar surface area (TPSA) is 55.6 Å². The molecule has 17 heavy (non-hydrogen) atoms. The first kappa shape index (κ1) is 12.2. The zero-order valence-corrected chi connectivity index (χ0v) is 11.3. The van der Waals surface area contributed by atoms with Crippen molar-refractivity contribution in [2.75, 3.05) is 7.05 Å². The fourth-order valence-corrected chi connectivity index (χ4v) is 2.60. The third-order valence-electron chi connectivity index (χ3n) is 2.88. The van der Waals surface area contributed by atoms with E-state index in [4.69, 9.17) is 0 Å². The van der Waals surface area contributed by atoms with Crippen LogP contribution in [0.25, 0.3) is 0 Å². The lowest BCUT2D eigenvalue weighted by atomic mass is 10.2. The normalized spacial score (nSPS) is 14.8. The van der Waals surface area contributed by atoms with E-state index in [1.807, 2.05) is 11.7 Å². The molecule has 0 aliphatic carbocycles. The van der Waals surface area contributed by atoms with Crippen LogP contribution in [0.2, 0.25) is 0 Å². The summed E-state index contributed by atoms with van der Waals surface area (Å²) in [7, 11) is 1.91. The SMILES string of the molecule is CNC(C)c1nnnn1C(C)c1ccc(C)s1. The Morgan fingerprint density at radius 3 is 2.71 bits per heavy atom. The van der Waals surface area contributed by atoms with Gasteiger partial charge in [-0.1, -0.05) is 0 Å². The molecule has 1 N–H and O–H groups in total. The fourth-order valence-electron chi connectivity index (χ4n) is 1.69. The molecule has 2 atom stereocenters. The standard InChI is InChI=1S/C11H17N5S/c1-7-5-6-10(17-7)9(3)16-11(8(2)12-4)13-14-15-16/h5-6,8-9,12H,1-4H3. The van der Waals surface area contributed by atoms with Gasteiger partial charge in [0.2, 0.25) is 0 Å². The number of hydrogen-bond donors (Lipinski definition) is 1. The number of aromatic nitrogens is 4. The van der Waals surface area contributed by atoms with Gasteiger partial charge in [0.1, 0.15) is 0 Å². The zero-order chi connectivity index (χ0) is 12.4. The van der Waals surface area contributed by atoms with Gasteiger partial charge in [-0.2, -0.15) is 0 Å². The Kier molecular flexibility index (Phi) is 3.54. The van der Waals surface area contributed by atoms with E-state index in [1.54, 1.807) is 11.3 Å². The van der Waals surface area contributed by atoms with E-state index >= 15 is 0 Å². The van der Waals surface area contributed by atoms with Gasteiger partial charge < -0.3 is 5.32 Å². The van der Waals surface area contributed by atoms with Gasteiger partial charge in [0.05, 0.1) is 12.1 Å². The molecule has 0 aliphatic heterocycles. The minimum Gasteiger partial charge on any atom is -0.311 e. The third kappa shape index (κ3) is 2.37. The molecule has 0 saturated carbocycles. The van der Waals surface area contributed by atoms with E-state index in [2.05, 4.69) is 53.7 Å². The van der Waals surface area contributed by atoms with Gasteiger partial charge in [-0.05, 0) is 50.4 Å². The van der Waals surface area contributed by atoms with Gasteiger partial charge in [0.25, 0.3) is 0 Å². The number of aryl methyl sites for hydroxylation is 1. The van der Waals surface area contributed by atoms with Crippen molar-refractivity contribution >= 4 is 11.3 Å². The highest BCUT2D eigenvalue weighted by atomic mass is 32.1. The van der Waals surface area contributed by atoms with Crippen molar-refractivity contribution in [3.8, 4) is 0 Å². The Hall–Kier alpha value is -1.27. The van der Waals surface area contributed by atoms with Gasteiger partial charge in [-0.15, -0.1) is 16.4 Å². The van der Waals surface area contributed by atoms with Crippen LogP contribution in [-0.4, -0.2) is 27.3 Å². The molecular formula is C11H17N5S. The number of rotatable bonds is 4. The monoisotopic (exact) mass is 251 g/mol. The molecule has 0 aromatic carbocycles. The van der Waals surface area contributed by atoms with Gasteiger partial charge in [0.15, 0.2) is 5.82 Å². The molecule has 0 radical (unpaired) electrons. The average molecular weight is 251 g/mol. The predicted molar refractivity (Wildman–Crippen MR) is 68.2 cm³/mol. The van der Waals surface area contributed by atoms with E-state index in [0.29, 0.717) is 0 Å². The first-order chi connectivity index (χ1) is 8.13. The molecule has 5 nitrogen and oxygen atoms in total. The predicted octanol–water partition coefficient (Wildman–Crippen LogP) is 1.93. The first-order valence-electron chi connectivity index (χ1n) is 5.65. The van der Waals surface area contributed by atoms with Crippen LogP contribution in [0.5, 0.6) is 0 Å². The summed E-state index contributed by atoms with van der Waals surface area (Å²) < 4.78 is 1.88. The van der Waals surface area contributed by atoms with E-state index in [-0.39, 0.29) is 12.1 Å². The summed E-state index contributed by atoms with van der Waals surface area (Å²) in [5, 5.41) is 15.1. The van der Waals surface area contributed by atoms with Crippen LogP contribution in [0, 0.1) is 6.92 Å². The zero-order valence-electron chi connectivity index (χ0n) is 10.5. The van der Waals surface area contributed by atoms with Gasteiger partial charge in [-0.3, -0.25) is 0 Å². The minimum atomic E-state index is 0.147. The van der Waals surface area contributed by atoms with E-state index in [9.17, 15) is 0 Å². The molecule has 0 saturated heterocycles. The smallest absolute Gasteiger partial charge is 0.168 e. The largest absolute Gasteiger partial charge is 0.311 e. The average Bonchev–Trinajstić information content (AvgIpc) is 2.95. The quantitative estimate of drug-likeness (QED) is 0.902. The summed E-state index contributed by atoms with van der Waals surface area (Å²) in [6, 6.07) is 4.59. The van der Waals surface area contributed by atoms with Crippen LogP contribution >= 0.6 is 11.3 Å². The van der Waals surface area contributed by atoms with E-state index in [1.165, 1.54) is 9.75 Å². The molecular weight excluding hydrogens is 234 g/mol. The Morgan fingerprint density at radius 1 is 1.35 bits per heavy atom. The summed E-state index contributed by atoms with van der Waals surface area (Å²) in [4.78, 5) is 2.59. The summed E-state index contributed by atoms with van der Waals surface area (Å²) in [6.07, 6.45) is 0. The lowest BCUT2D eigenvalue weighted by Crippen LogP contribution is -2.20. The second-order valence-electron chi connectivity index (χ2n) is 4.12. The van der Waals surface area contributed by atoms with Crippen molar-refractivity contribution in [2.24, 2.45) is 0 Å². The molecule has 0 fully saturated rings. The molecule has 6 heteroatoms.